The average molecular weight is 276 g/mol. The van der Waals surface area contributed by atoms with Crippen molar-refractivity contribution in [1.82, 2.24) is 0 Å². The molecular formula is C16H14F2O2. The summed E-state index contributed by atoms with van der Waals surface area (Å²) in [6, 6.07) is 11.2. The first-order chi connectivity index (χ1) is 9.56. The summed E-state index contributed by atoms with van der Waals surface area (Å²) in [6.45, 7) is 0. The van der Waals surface area contributed by atoms with Crippen LogP contribution in [0.15, 0.2) is 42.5 Å². The second kappa shape index (κ2) is 6.28. The van der Waals surface area contributed by atoms with E-state index < -0.39 is 17.6 Å². The minimum absolute atomic E-state index is 0.144. The highest BCUT2D eigenvalue weighted by molar-refractivity contribution is 5.66. The van der Waals surface area contributed by atoms with Gasteiger partial charge in [-0.25, -0.2) is 8.78 Å². The van der Waals surface area contributed by atoms with E-state index in [4.69, 9.17) is 5.11 Å². The van der Waals surface area contributed by atoms with E-state index in [0.29, 0.717) is 18.4 Å². The van der Waals surface area contributed by atoms with Crippen molar-refractivity contribution in [2.45, 2.75) is 19.3 Å². The van der Waals surface area contributed by atoms with Gasteiger partial charge in [-0.1, -0.05) is 30.3 Å². The highest BCUT2D eigenvalue weighted by Crippen LogP contribution is 2.22. The lowest BCUT2D eigenvalue weighted by Crippen LogP contribution is -1.95. The molecular weight excluding hydrogens is 262 g/mol. The normalized spacial score (nSPS) is 10.5. The zero-order valence-corrected chi connectivity index (χ0v) is 10.8. The smallest absolute Gasteiger partial charge is 0.303 e. The van der Waals surface area contributed by atoms with Gasteiger partial charge in [0.25, 0.3) is 0 Å². The second-order valence-electron chi connectivity index (χ2n) is 4.57. The Bertz CT molecular complexity index is 606. The predicted octanol–water partition coefficient (Wildman–Crippen LogP) is 4.04. The van der Waals surface area contributed by atoms with Gasteiger partial charge in [0.2, 0.25) is 0 Å². The Morgan fingerprint density at radius 1 is 0.950 bits per heavy atom. The Balaban J connectivity index is 2.07. The molecule has 0 amide bonds. The highest BCUT2D eigenvalue weighted by atomic mass is 19.2. The van der Waals surface area contributed by atoms with Gasteiger partial charge in [0.1, 0.15) is 0 Å². The largest absolute Gasteiger partial charge is 0.481 e. The van der Waals surface area contributed by atoms with Crippen LogP contribution in [0.3, 0.4) is 0 Å². The molecule has 0 unspecified atom stereocenters. The lowest BCUT2D eigenvalue weighted by Gasteiger charge is -2.05. The molecule has 0 atom stereocenters. The molecule has 0 bridgehead atoms. The van der Waals surface area contributed by atoms with E-state index in [9.17, 15) is 13.6 Å². The third kappa shape index (κ3) is 3.63. The summed E-state index contributed by atoms with van der Waals surface area (Å²) in [6.07, 6.45) is 1.41. The molecule has 4 heteroatoms. The molecule has 0 aliphatic carbocycles. The number of carbonyl (C=O) groups is 1. The van der Waals surface area contributed by atoms with Crippen LogP contribution in [0, 0.1) is 11.6 Å². The van der Waals surface area contributed by atoms with E-state index in [-0.39, 0.29) is 6.42 Å². The average Bonchev–Trinajstić information content (AvgIpc) is 2.42. The number of benzene rings is 2. The summed E-state index contributed by atoms with van der Waals surface area (Å²) in [7, 11) is 0. The Hall–Kier alpha value is -2.23. The van der Waals surface area contributed by atoms with Gasteiger partial charge in [0.05, 0.1) is 0 Å². The maximum absolute atomic E-state index is 13.2. The van der Waals surface area contributed by atoms with E-state index >= 15 is 0 Å². The fourth-order valence-corrected chi connectivity index (χ4v) is 1.98. The number of hydrogen-bond donors (Lipinski definition) is 1. The Morgan fingerprint density at radius 2 is 1.60 bits per heavy atom. The number of aryl methyl sites for hydroxylation is 1. The first-order valence-electron chi connectivity index (χ1n) is 6.32. The van der Waals surface area contributed by atoms with Gasteiger partial charge in [-0.05, 0) is 41.7 Å². The lowest BCUT2D eigenvalue weighted by molar-refractivity contribution is -0.137. The topological polar surface area (TPSA) is 37.3 Å². The first-order valence-corrected chi connectivity index (χ1v) is 6.32. The van der Waals surface area contributed by atoms with Gasteiger partial charge in [0, 0.05) is 6.42 Å². The van der Waals surface area contributed by atoms with Crippen LogP contribution in [0.1, 0.15) is 18.4 Å². The number of carboxylic acid groups (broad SMARTS) is 1. The summed E-state index contributed by atoms with van der Waals surface area (Å²) in [4.78, 5) is 10.4. The first kappa shape index (κ1) is 14.2. The fourth-order valence-electron chi connectivity index (χ4n) is 1.98. The SMILES string of the molecule is O=C(O)CCCc1ccc(-c2ccc(F)c(F)c2)cc1. The third-order valence-electron chi connectivity index (χ3n) is 3.06. The van der Waals surface area contributed by atoms with Crippen LogP contribution in [0.2, 0.25) is 0 Å². The molecule has 2 nitrogen and oxygen atoms in total. The monoisotopic (exact) mass is 276 g/mol. The van der Waals surface area contributed by atoms with Crippen molar-refractivity contribution in [3.8, 4) is 11.1 Å². The summed E-state index contributed by atoms with van der Waals surface area (Å²) < 4.78 is 26.0. The molecule has 2 aromatic rings. The number of hydrogen-bond acceptors (Lipinski definition) is 1. The van der Waals surface area contributed by atoms with E-state index in [1.165, 1.54) is 6.07 Å². The maximum Gasteiger partial charge on any atom is 0.303 e. The van der Waals surface area contributed by atoms with Crippen LogP contribution in [0.25, 0.3) is 11.1 Å². The molecule has 0 aromatic heterocycles. The van der Waals surface area contributed by atoms with Crippen molar-refractivity contribution in [1.29, 1.82) is 0 Å². The van der Waals surface area contributed by atoms with Crippen molar-refractivity contribution < 1.29 is 18.7 Å². The second-order valence-corrected chi connectivity index (χ2v) is 4.57. The van der Waals surface area contributed by atoms with Crippen LogP contribution in [-0.2, 0) is 11.2 Å². The van der Waals surface area contributed by atoms with E-state index in [1.807, 2.05) is 24.3 Å². The van der Waals surface area contributed by atoms with Crippen molar-refractivity contribution in [2.75, 3.05) is 0 Å². The standard InChI is InChI=1S/C16H14F2O2/c17-14-9-8-13(10-15(14)18)12-6-4-11(5-7-12)2-1-3-16(19)20/h4-10H,1-3H2,(H,19,20). The fraction of sp³-hybridized carbons (Fsp3) is 0.188. The van der Waals surface area contributed by atoms with Gasteiger partial charge in [0.15, 0.2) is 11.6 Å². The summed E-state index contributed by atoms with van der Waals surface area (Å²) in [5, 5.41) is 8.57. The number of halogens is 2. The molecule has 104 valence electrons. The van der Waals surface area contributed by atoms with Crippen molar-refractivity contribution >= 4 is 5.97 Å². The molecule has 1 N–H and O–H groups in total. The van der Waals surface area contributed by atoms with Crippen molar-refractivity contribution in [3.05, 3.63) is 59.7 Å². The van der Waals surface area contributed by atoms with E-state index in [0.717, 1.165) is 23.3 Å². The highest BCUT2D eigenvalue weighted by Gasteiger charge is 2.05. The van der Waals surface area contributed by atoms with Crippen LogP contribution in [-0.4, -0.2) is 11.1 Å². The third-order valence-corrected chi connectivity index (χ3v) is 3.06. The number of carboxylic acids is 1. The van der Waals surface area contributed by atoms with Crippen molar-refractivity contribution in [2.24, 2.45) is 0 Å². The summed E-state index contributed by atoms with van der Waals surface area (Å²) in [5.41, 5.74) is 2.43. The molecule has 0 fully saturated rings. The molecule has 20 heavy (non-hydrogen) atoms. The molecule has 0 heterocycles. The Kier molecular flexibility index (Phi) is 4.45. The van der Waals surface area contributed by atoms with Crippen LogP contribution in [0.4, 0.5) is 8.78 Å². The van der Waals surface area contributed by atoms with Crippen LogP contribution in [0.5, 0.6) is 0 Å². The Labute approximate surface area is 115 Å². The molecule has 0 saturated carbocycles. The van der Waals surface area contributed by atoms with Crippen molar-refractivity contribution in [3.63, 3.8) is 0 Å². The van der Waals surface area contributed by atoms with Gasteiger partial charge in [-0.2, -0.15) is 0 Å². The van der Waals surface area contributed by atoms with Crippen LogP contribution >= 0.6 is 0 Å². The molecule has 2 rings (SSSR count). The number of aliphatic carboxylic acids is 1. The van der Waals surface area contributed by atoms with E-state index in [1.54, 1.807) is 0 Å². The quantitative estimate of drug-likeness (QED) is 0.894. The predicted molar refractivity (Wildman–Crippen MR) is 72.4 cm³/mol. The van der Waals surface area contributed by atoms with Gasteiger partial charge in [-0.3, -0.25) is 4.79 Å². The molecule has 0 radical (unpaired) electrons. The zero-order valence-electron chi connectivity index (χ0n) is 10.8. The zero-order chi connectivity index (χ0) is 14.5. The lowest BCUT2D eigenvalue weighted by atomic mass is 10.0. The van der Waals surface area contributed by atoms with Gasteiger partial charge in [-0.15, -0.1) is 0 Å². The number of rotatable bonds is 5. The van der Waals surface area contributed by atoms with Crippen LogP contribution < -0.4 is 0 Å². The molecule has 2 aromatic carbocycles. The Morgan fingerprint density at radius 3 is 2.20 bits per heavy atom. The molecule has 0 aliphatic rings. The van der Waals surface area contributed by atoms with Gasteiger partial charge >= 0.3 is 5.97 Å². The molecule has 0 spiro atoms. The maximum atomic E-state index is 13.2. The molecule has 0 aliphatic heterocycles. The summed E-state index contributed by atoms with van der Waals surface area (Å²) >= 11 is 0. The summed E-state index contributed by atoms with van der Waals surface area (Å²) in [5.74, 6) is -2.53. The molecule has 0 saturated heterocycles. The minimum Gasteiger partial charge on any atom is -0.481 e. The minimum atomic E-state index is -0.868. The van der Waals surface area contributed by atoms with E-state index in [2.05, 4.69) is 0 Å². The van der Waals surface area contributed by atoms with Gasteiger partial charge < -0.3 is 5.11 Å².